The van der Waals surface area contributed by atoms with E-state index in [1.54, 1.807) is 6.92 Å². The van der Waals surface area contributed by atoms with Crippen LogP contribution in [0.3, 0.4) is 0 Å². The van der Waals surface area contributed by atoms with Gasteiger partial charge in [0.05, 0.1) is 6.61 Å². The van der Waals surface area contributed by atoms with E-state index in [-0.39, 0.29) is 23.9 Å². The van der Waals surface area contributed by atoms with E-state index >= 15 is 0 Å². The van der Waals surface area contributed by atoms with Crippen molar-refractivity contribution < 1.29 is 14.6 Å². The van der Waals surface area contributed by atoms with Crippen LogP contribution in [0.15, 0.2) is 12.2 Å². The maximum absolute atomic E-state index is 11.3. The Balaban J connectivity index is 3.05. The lowest BCUT2D eigenvalue weighted by molar-refractivity contribution is -0.242. The molecule has 0 spiro atoms. The minimum absolute atomic E-state index is 0.153. The van der Waals surface area contributed by atoms with Crippen LogP contribution in [0.2, 0.25) is 0 Å². The lowest BCUT2D eigenvalue weighted by Crippen LogP contribution is -2.66. The third-order valence-corrected chi connectivity index (χ3v) is 2.98. The summed E-state index contributed by atoms with van der Waals surface area (Å²) >= 11 is 0. The minimum atomic E-state index is -0.782. The molecule has 80 valence electrons. The van der Waals surface area contributed by atoms with E-state index in [0.29, 0.717) is 0 Å². The molecule has 2 atom stereocenters. The molecule has 1 saturated heterocycles. The van der Waals surface area contributed by atoms with Crippen molar-refractivity contribution in [2.45, 2.75) is 33.3 Å². The van der Waals surface area contributed by atoms with Crippen molar-refractivity contribution in [3.63, 3.8) is 0 Å². The van der Waals surface area contributed by atoms with Crippen LogP contribution >= 0.6 is 0 Å². The largest absolute Gasteiger partial charge is 0.454 e. The Kier molecular flexibility index (Phi) is 2.48. The summed E-state index contributed by atoms with van der Waals surface area (Å²) in [4.78, 5) is 11.3. The van der Waals surface area contributed by atoms with Crippen molar-refractivity contribution in [3.05, 3.63) is 12.2 Å². The number of hydrogen-bond acceptors (Lipinski definition) is 3. The number of carbonyl (C=O) groups is 1. The van der Waals surface area contributed by atoms with E-state index in [9.17, 15) is 9.90 Å². The highest BCUT2D eigenvalue weighted by Crippen LogP contribution is 2.49. The van der Waals surface area contributed by atoms with Crippen molar-refractivity contribution in [1.82, 2.24) is 0 Å². The van der Waals surface area contributed by atoms with Gasteiger partial charge in [-0.3, -0.25) is 4.79 Å². The maximum atomic E-state index is 11.3. The molecule has 0 radical (unpaired) electrons. The van der Waals surface area contributed by atoms with Gasteiger partial charge in [0, 0.05) is 5.41 Å². The third-order valence-electron chi connectivity index (χ3n) is 2.98. The van der Waals surface area contributed by atoms with E-state index in [1.165, 1.54) is 0 Å². The van der Waals surface area contributed by atoms with Gasteiger partial charge in [-0.15, -0.1) is 0 Å². The Morgan fingerprint density at radius 2 is 2.14 bits per heavy atom. The average molecular weight is 198 g/mol. The summed E-state index contributed by atoms with van der Waals surface area (Å²) in [5, 5.41) is 9.39. The molecule has 1 aliphatic heterocycles. The smallest absolute Gasteiger partial charge is 0.317 e. The van der Waals surface area contributed by atoms with Gasteiger partial charge in [0.25, 0.3) is 0 Å². The number of esters is 1. The van der Waals surface area contributed by atoms with E-state index in [2.05, 4.69) is 6.58 Å². The van der Waals surface area contributed by atoms with Crippen LogP contribution in [0, 0.1) is 11.3 Å². The van der Waals surface area contributed by atoms with E-state index in [0.717, 1.165) is 5.57 Å². The Labute approximate surface area is 84.8 Å². The van der Waals surface area contributed by atoms with Crippen molar-refractivity contribution in [2.24, 2.45) is 11.3 Å². The van der Waals surface area contributed by atoms with Gasteiger partial charge in [-0.05, 0) is 6.92 Å². The molecule has 0 aromatic heterocycles. The van der Waals surface area contributed by atoms with Crippen LogP contribution in [-0.4, -0.2) is 23.3 Å². The second-order valence-corrected chi connectivity index (χ2v) is 5.00. The van der Waals surface area contributed by atoms with E-state index < -0.39 is 5.60 Å². The summed E-state index contributed by atoms with van der Waals surface area (Å²) in [6, 6.07) is 0. The van der Waals surface area contributed by atoms with Crippen molar-refractivity contribution in [2.75, 3.05) is 6.61 Å². The van der Waals surface area contributed by atoms with Gasteiger partial charge in [0.15, 0.2) is 5.60 Å². The molecule has 14 heavy (non-hydrogen) atoms. The second kappa shape index (κ2) is 3.09. The Morgan fingerprint density at radius 1 is 1.64 bits per heavy atom. The Morgan fingerprint density at radius 3 is 2.29 bits per heavy atom. The number of carbonyl (C=O) groups excluding carboxylic acids is 1. The van der Waals surface area contributed by atoms with Crippen LogP contribution in [0.1, 0.15) is 27.7 Å². The molecule has 1 fully saturated rings. The first-order valence-electron chi connectivity index (χ1n) is 4.75. The van der Waals surface area contributed by atoms with Crippen molar-refractivity contribution >= 4 is 5.97 Å². The number of aliphatic hydroxyl groups excluding tert-OH is 1. The quantitative estimate of drug-likeness (QED) is 0.540. The van der Waals surface area contributed by atoms with Gasteiger partial charge in [-0.1, -0.05) is 32.9 Å². The molecule has 0 aromatic rings. The number of ether oxygens (including phenoxy) is 1. The predicted molar refractivity (Wildman–Crippen MR) is 53.7 cm³/mol. The van der Waals surface area contributed by atoms with Crippen molar-refractivity contribution in [3.8, 4) is 0 Å². The van der Waals surface area contributed by atoms with Gasteiger partial charge in [0.2, 0.25) is 0 Å². The highest BCUT2D eigenvalue weighted by Gasteiger charge is 2.62. The number of cyclic esters (lactones) is 1. The lowest BCUT2D eigenvalue weighted by Gasteiger charge is -2.54. The molecule has 0 saturated carbocycles. The molecule has 3 heteroatoms. The highest BCUT2D eigenvalue weighted by molar-refractivity contribution is 5.83. The van der Waals surface area contributed by atoms with Gasteiger partial charge in [-0.25, -0.2) is 0 Å². The summed E-state index contributed by atoms with van der Waals surface area (Å²) in [6.45, 7) is 11.3. The van der Waals surface area contributed by atoms with Crippen molar-refractivity contribution in [1.29, 1.82) is 0 Å². The first-order valence-corrected chi connectivity index (χ1v) is 4.75. The monoisotopic (exact) mass is 198 g/mol. The summed E-state index contributed by atoms with van der Waals surface area (Å²) in [6.07, 6.45) is 0. The standard InChI is InChI=1S/C11H18O3/c1-7(2)8-9(13)14-11(8,6-12)10(3,4)5/h8,12H,1,6H2,2-5H3. The van der Waals surface area contributed by atoms with Crippen LogP contribution in [0.4, 0.5) is 0 Å². The fraction of sp³-hybridized carbons (Fsp3) is 0.727. The van der Waals surface area contributed by atoms with Gasteiger partial charge < -0.3 is 9.84 Å². The SMILES string of the molecule is C=C(C)C1C(=O)OC1(CO)C(C)(C)C. The van der Waals surface area contributed by atoms with Crippen LogP contribution < -0.4 is 0 Å². The van der Waals surface area contributed by atoms with Gasteiger partial charge >= 0.3 is 5.97 Å². The zero-order chi connectivity index (χ0) is 11.1. The number of hydrogen-bond donors (Lipinski definition) is 1. The lowest BCUT2D eigenvalue weighted by atomic mass is 9.64. The minimum Gasteiger partial charge on any atom is -0.454 e. The predicted octanol–water partition coefficient (Wildman–Crippen LogP) is 1.51. The summed E-state index contributed by atoms with van der Waals surface area (Å²) in [7, 11) is 0. The molecule has 2 unspecified atom stereocenters. The molecular formula is C11H18O3. The molecule has 0 bridgehead atoms. The molecule has 1 rings (SSSR count). The Hall–Kier alpha value is -0.830. The second-order valence-electron chi connectivity index (χ2n) is 5.00. The number of rotatable bonds is 2. The molecule has 0 aliphatic carbocycles. The summed E-state index contributed by atoms with van der Waals surface area (Å²) in [5.74, 6) is -0.644. The molecular weight excluding hydrogens is 180 g/mol. The molecule has 0 aromatic carbocycles. The molecule has 1 heterocycles. The third kappa shape index (κ3) is 1.27. The highest BCUT2D eigenvalue weighted by atomic mass is 16.6. The van der Waals surface area contributed by atoms with Gasteiger partial charge in [0.1, 0.15) is 5.92 Å². The van der Waals surface area contributed by atoms with Crippen LogP contribution in [0.25, 0.3) is 0 Å². The first-order chi connectivity index (χ1) is 6.26. The Bertz CT molecular complexity index is 267. The fourth-order valence-electron chi connectivity index (χ4n) is 1.98. The molecule has 1 N–H and O–H groups in total. The molecule has 0 amide bonds. The zero-order valence-electron chi connectivity index (χ0n) is 9.26. The fourth-order valence-corrected chi connectivity index (χ4v) is 1.98. The van der Waals surface area contributed by atoms with Crippen LogP contribution in [0.5, 0.6) is 0 Å². The molecule has 3 nitrogen and oxygen atoms in total. The first kappa shape index (κ1) is 11.2. The summed E-state index contributed by atoms with van der Waals surface area (Å²) < 4.78 is 5.16. The maximum Gasteiger partial charge on any atom is 0.317 e. The average Bonchev–Trinajstić information content (AvgIpc) is 1.95. The topological polar surface area (TPSA) is 46.5 Å². The number of aliphatic hydroxyl groups is 1. The summed E-state index contributed by atoms with van der Waals surface area (Å²) in [5.41, 5.74) is -0.305. The van der Waals surface area contributed by atoms with E-state index in [1.807, 2.05) is 20.8 Å². The van der Waals surface area contributed by atoms with E-state index in [4.69, 9.17) is 4.74 Å². The van der Waals surface area contributed by atoms with Crippen LogP contribution in [-0.2, 0) is 9.53 Å². The molecule has 1 aliphatic rings. The zero-order valence-corrected chi connectivity index (χ0v) is 9.26. The normalized spacial score (nSPS) is 32.1. The van der Waals surface area contributed by atoms with Gasteiger partial charge in [-0.2, -0.15) is 0 Å².